The van der Waals surface area contributed by atoms with Gasteiger partial charge in [0.1, 0.15) is 0 Å². The van der Waals surface area contributed by atoms with Gasteiger partial charge in [-0.25, -0.2) is 0 Å². The van der Waals surface area contributed by atoms with Crippen molar-refractivity contribution in [1.82, 2.24) is 10.2 Å². The molecular formula is C11H21ClN2OS. The van der Waals surface area contributed by atoms with Crippen LogP contribution in [-0.2, 0) is 4.79 Å². The molecule has 0 radical (unpaired) electrons. The molecule has 2 fully saturated rings. The first-order valence-corrected chi connectivity index (χ1v) is 7.18. The van der Waals surface area contributed by atoms with Crippen molar-refractivity contribution in [2.45, 2.75) is 12.8 Å². The normalized spacial score (nSPS) is 29.2. The second kappa shape index (κ2) is 6.72. The van der Waals surface area contributed by atoms with E-state index in [4.69, 9.17) is 0 Å². The number of nitrogens with one attached hydrogen (secondary N) is 1. The van der Waals surface area contributed by atoms with Gasteiger partial charge in [0.05, 0.1) is 5.75 Å². The Morgan fingerprint density at radius 1 is 1.31 bits per heavy atom. The van der Waals surface area contributed by atoms with Crippen molar-refractivity contribution in [3.63, 3.8) is 0 Å². The Kier molecular flexibility index (Phi) is 5.94. The lowest BCUT2D eigenvalue weighted by Gasteiger charge is -2.20. The summed E-state index contributed by atoms with van der Waals surface area (Å²) in [6.07, 6.45) is 4.38. The second-order valence-electron chi connectivity index (χ2n) is 4.57. The van der Waals surface area contributed by atoms with Gasteiger partial charge >= 0.3 is 0 Å². The fourth-order valence-corrected chi connectivity index (χ4v) is 3.11. The van der Waals surface area contributed by atoms with Crippen molar-refractivity contribution in [3.05, 3.63) is 0 Å². The maximum absolute atomic E-state index is 11.8. The number of hydrogen-bond acceptors (Lipinski definition) is 3. The van der Waals surface area contributed by atoms with Gasteiger partial charge in [-0.2, -0.15) is 11.8 Å². The zero-order chi connectivity index (χ0) is 10.7. The van der Waals surface area contributed by atoms with Gasteiger partial charge in [-0.15, -0.1) is 12.4 Å². The number of halogens is 1. The van der Waals surface area contributed by atoms with Crippen LogP contribution in [0.2, 0.25) is 0 Å². The Labute approximate surface area is 108 Å². The summed E-state index contributed by atoms with van der Waals surface area (Å²) in [5, 5.41) is 3.45. The standard InChI is InChI=1S/C11H20N2OS.ClH/c1-15-8-11(14)13-4-2-9-6-12-7-10(9)3-5-13;/h9-10,12H,2-8H2,1H3;1H/t9-,10+;. The lowest BCUT2D eigenvalue weighted by Crippen LogP contribution is -2.34. The van der Waals surface area contributed by atoms with Crippen molar-refractivity contribution in [1.29, 1.82) is 0 Å². The molecule has 2 atom stereocenters. The van der Waals surface area contributed by atoms with E-state index < -0.39 is 0 Å². The van der Waals surface area contributed by atoms with Gasteiger partial charge in [0.2, 0.25) is 5.91 Å². The van der Waals surface area contributed by atoms with Crippen LogP contribution in [0.4, 0.5) is 0 Å². The van der Waals surface area contributed by atoms with E-state index in [1.54, 1.807) is 11.8 Å². The van der Waals surface area contributed by atoms with Crippen molar-refractivity contribution < 1.29 is 4.79 Å². The van der Waals surface area contributed by atoms with Crippen LogP contribution in [0.3, 0.4) is 0 Å². The molecule has 0 unspecified atom stereocenters. The third-order valence-corrected chi connectivity index (χ3v) is 4.18. The van der Waals surface area contributed by atoms with Gasteiger partial charge < -0.3 is 10.2 Å². The number of nitrogens with zero attached hydrogens (tertiary/aromatic N) is 1. The van der Waals surface area contributed by atoms with Gasteiger partial charge in [-0.3, -0.25) is 4.79 Å². The smallest absolute Gasteiger partial charge is 0.232 e. The summed E-state index contributed by atoms with van der Waals surface area (Å²) in [6.45, 7) is 4.27. The SMILES string of the molecule is CSCC(=O)N1CC[C@@H]2CNC[C@@H]2CC1.Cl. The number of carbonyl (C=O) groups is 1. The van der Waals surface area contributed by atoms with Crippen molar-refractivity contribution in [2.75, 3.05) is 38.2 Å². The summed E-state index contributed by atoms with van der Waals surface area (Å²) in [5.74, 6) is 2.61. The van der Waals surface area contributed by atoms with E-state index in [0.717, 1.165) is 38.0 Å². The van der Waals surface area contributed by atoms with E-state index in [0.29, 0.717) is 11.7 Å². The fraction of sp³-hybridized carbons (Fsp3) is 0.909. The van der Waals surface area contributed by atoms with Crippen molar-refractivity contribution in [3.8, 4) is 0 Å². The highest BCUT2D eigenvalue weighted by Crippen LogP contribution is 2.27. The Morgan fingerprint density at radius 3 is 2.38 bits per heavy atom. The van der Waals surface area contributed by atoms with Crippen LogP contribution in [0, 0.1) is 11.8 Å². The quantitative estimate of drug-likeness (QED) is 0.814. The van der Waals surface area contributed by atoms with Crippen LogP contribution in [0.25, 0.3) is 0 Å². The number of amides is 1. The van der Waals surface area contributed by atoms with E-state index in [1.807, 2.05) is 6.26 Å². The molecule has 94 valence electrons. The first-order valence-electron chi connectivity index (χ1n) is 5.78. The number of hydrogen-bond donors (Lipinski definition) is 1. The summed E-state index contributed by atoms with van der Waals surface area (Å²) >= 11 is 1.63. The average molecular weight is 265 g/mol. The van der Waals surface area contributed by atoms with Gasteiger partial charge in [-0.1, -0.05) is 0 Å². The predicted octanol–water partition coefficient (Wildman–Crippen LogP) is 1.23. The first kappa shape index (κ1) is 14.1. The summed E-state index contributed by atoms with van der Waals surface area (Å²) in [5.41, 5.74) is 0. The lowest BCUT2D eigenvalue weighted by molar-refractivity contribution is -0.128. The van der Waals surface area contributed by atoms with Crippen LogP contribution in [0.1, 0.15) is 12.8 Å². The molecule has 0 aliphatic carbocycles. The molecule has 0 aromatic heterocycles. The largest absolute Gasteiger partial charge is 0.342 e. The molecule has 2 heterocycles. The minimum atomic E-state index is 0. The van der Waals surface area contributed by atoms with E-state index in [2.05, 4.69) is 10.2 Å². The van der Waals surface area contributed by atoms with E-state index in [-0.39, 0.29) is 12.4 Å². The molecule has 5 heteroatoms. The van der Waals surface area contributed by atoms with Gasteiger partial charge in [0.25, 0.3) is 0 Å². The van der Waals surface area contributed by atoms with E-state index in [1.165, 1.54) is 12.8 Å². The molecular weight excluding hydrogens is 244 g/mol. The van der Waals surface area contributed by atoms with Crippen LogP contribution in [0.5, 0.6) is 0 Å². The molecule has 0 bridgehead atoms. The molecule has 2 rings (SSSR count). The molecule has 1 N–H and O–H groups in total. The molecule has 0 spiro atoms. The lowest BCUT2D eigenvalue weighted by atomic mass is 9.92. The third kappa shape index (κ3) is 3.28. The summed E-state index contributed by atoms with van der Waals surface area (Å²) in [6, 6.07) is 0. The number of fused-ring (bicyclic) bond motifs is 1. The molecule has 16 heavy (non-hydrogen) atoms. The summed E-state index contributed by atoms with van der Waals surface area (Å²) < 4.78 is 0. The second-order valence-corrected chi connectivity index (χ2v) is 5.44. The zero-order valence-corrected chi connectivity index (χ0v) is 11.4. The molecule has 1 amide bonds. The van der Waals surface area contributed by atoms with Gasteiger partial charge in [-0.05, 0) is 44.0 Å². The monoisotopic (exact) mass is 264 g/mol. The number of likely N-dealkylation sites (tertiary alicyclic amines) is 1. The molecule has 0 aromatic rings. The maximum Gasteiger partial charge on any atom is 0.232 e. The van der Waals surface area contributed by atoms with Crippen LogP contribution >= 0.6 is 24.2 Å². The minimum absolute atomic E-state index is 0. The Bertz CT molecular complexity index is 226. The molecule has 2 aliphatic rings. The van der Waals surface area contributed by atoms with Crippen LogP contribution < -0.4 is 5.32 Å². The molecule has 2 saturated heterocycles. The zero-order valence-electron chi connectivity index (χ0n) is 9.78. The predicted molar refractivity (Wildman–Crippen MR) is 71.3 cm³/mol. The highest BCUT2D eigenvalue weighted by Gasteiger charge is 2.31. The van der Waals surface area contributed by atoms with Crippen molar-refractivity contribution in [2.24, 2.45) is 11.8 Å². The topological polar surface area (TPSA) is 32.3 Å². The Hall–Kier alpha value is 0.0700. The van der Waals surface area contributed by atoms with Gasteiger partial charge in [0.15, 0.2) is 0 Å². The summed E-state index contributed by atoms with van der Waals surface area (Å²) in [7, 11) is 0. The fourth-order valence-electron chi connectivity index (χ4n) is 2.68. The molecule has 0 aromatic carbocycles. The highest BCUT2D eigenvalue weighted by molar-refractivity contribution is 7.99. The third-order valence-electron chi connectivity index (χ3n) is 3.64. The first-order chi connectivity index (χ1) is 7.31. The highest BCUT2D eigenvalue weighted by atomic mass is 35.5. The van der Waals surface area contributed by atoms with Crippen molar-refractivity contribution >= 4 is 30.1 Å². The number of thioether (sulfide) groups is 1. The number of carbonyl (C=O) groups excluding carboxylic acids is 1. The van der Waals surface area contributed by atoms with Gasteiger partial charge in [0, 0.05) is 13.1 Å². The summed E-state index contributed by atoms with van der Waals surface area (Å²) in [4.78, 5) is 13.8. The number of rotatable bonds is 2. The molecule has 3 nitrogen and oxygen atoms in total. The Morgan fingerprint density at radius 2 is 1.88 bits per heavy atom. The van der Waals surface area contributed by atoms with E-state index in [9.17, 15) is 4.79 Å². The maximum atomic E-state index is 11.8. The molecule has 2 aliphatic heterocycles. The minimum Gasteiger partial charge on any atom is -0.342 e. The molecule has 0 saturated carbocycles. The van der Waals surface area contributed by atoms with Crippen LogP contribution in [0.15, 0.2) is 0 Å². The van der Waals surface area contributed by atoms with Crippen LogP contribution in [-0.4, -0.2) is 49.0 Å². The van der Waals surface area contributed by atoms with E-state index >= 15 is 0 Å². The Balaban J connectivity index is 0.00000128. The average Bonchev–Trinajstić information content (AvgIpc) is 2.58.